The Bertz CT molecular complexity index is 920. The number of ether oxygens (including phenoxy) is 1. The van der Waals surface area contributed by atoms with Gasteiger partial charge in [-0.05, 0) is 30.3 Å². The van der Waals surface area contributed by atoms with Crippen LogP contribution in [0.25, 0.3) is 11.3 Å². The van der Waals surface area contributed by atoms with Gasteiger partial charge in [0.1, 0.15) is 5.75 Å². The molecule has 0 unspecified atom stereocenters. The zero-order chi connectivity index (χ0) is 18.7. The third kappa shape index (κ3) is 4.06. The number of hydrogen-bond donors (Lipinski definition) is 1. The lowest BCUT2D eigenvalue weighted by molar-refractivity contribution is 0.102. The van der Waals surface area contributed by atoms with Gasteiger partial charge in [0.25, 0.3) is 5.91 Å². The van der Waals surface area contributed by atoms with E-state index in [1.54, 1.807) is 36.6 Å². The van der Waals surface area contributed by atoms with E-state index in [1.807, 2.05) is 24.3 Å². The zero-order valence-corrected chi connectivity index (χ0v) is 16.3. The van der Waals surface area contributed by atoms with Crippen LogP contribution in [-0.4, -0.2) is 18.0 Å². The van der Waals surface area contributed by atoms with E-state index in [0.717, 1.165) is 16.3 Å². The van der Waals surface area contributed by atoms with Crippen molar-refractivity contribution in [2.24, 2.45) is 0 Å². The van der Waals surface area contributed by atoms with Crippen LogP contribution >= 0.6 is 22.9 Å². The molecule has 26 heavy (non-hydrogen) atoms. The number of carbonyl (C=O) groups excluding carboxylic acids is 1. The number of nitrogens with zero attached hydrogens (tertiary/aromatic N) is 1. The van der Waals surface area contributed by atoms with Gasteiger partial charge >= 0.3 is 0 Å². The van der Waals surface area contributed by atoms with Gasteiger partial charge in [-0.2, -0.15) is 0 Å². The standard InChI is InChI=1S/C20H19ClN2O2S/c1-12(2)20-23-18(11-26-20)13-4-6-14(7-5-13)22-19(24)16-9-8-15(25-3)10-17(16)21/h4-12H,1-3H3,(H,22,24). The molecule has 1 N–H and O–H groups in total. The molecule has 0 atom stereocenters. The quantitative estimate of drug-likeness (QED) is 0.598. The number of thiazole rings is 1. The van der Waals surface area contributed by atoms with Gasteiger partial charge in [0.15, 0.2) is 0 Å². The van der Waals surface area contributed by atoms with Gasteiger partial charge in [-0.15, -0.1) is 11.3 Å². The molecule has 0 aliphatic rings. The first-order valence-corrected chi connectivity index (χ1v) is 9.44. The summed E-state index contributed by atoms with van der Waals surface area (Å²) < 4.78 is 5.10. The van der Waals surface area contributed by atoms with Crippen molar-refractivity contribution in [1.82, 2.24) is 4.98 Å². The number of benzene rings is 2. The second-order valence-electron chi connectivity index (χ2n) is 6.10. The lowest BCUT2D eigenvalue weighted by Crippen LogP contribution is -2.12. The normalized spacial score (nSPS) is 10.8. The monoisotopic (exact) mass is 386 g/mol. The summed E-state index contributed by atoms with van der Waals surface area (Å²) >= 11 is 7.82. The molecule has 2 aromatic carbocycles. The highest BCUT2D eigenvalue weighted by Crippen LogP contribution is 2.27. The van der Waals surface area contributed by atoms with Gasteiger partial charge in [0.05, 0.1) is 28.4 Å². The van der Waals surface area contributed by atoms with Crippen molar-refractivity contribution in [1.29, 1.82) is 0 Å². The summed E-state index contributed by atoms with van der Waals surface area (Å²) in [4.78, 5) is 17.1. The molecule has 0 bridgehead atoms. The first-order chi connectivity index (χ1) is 12.5. The molecule has 0 fully saturated rings. The van der Waals surface area contributed by atoms with Gasteiger partial charge in [-0.1, -0.05) is 37.6 Å². The number of halogens is 1. The van der Waals surface area contributed by atoms with Crippen LogP contribution in [0.15, 0.2) is 47.8 Å². The smallest absolute Gasteiger partial charge is 0.257 e. The number of nitrogens with one attached hydrogen (secondary N) is 1. The molecule has 0 saturated heterocycles. The fourth-order valence-corrected chi connectivity index (χ4v) is 3.52. The third-order valence-electron chi connectivity index (χ3n) is 3.88. The number of hydrogen-bond acceptors (Lipinski definition) is 4. The van der Waals surface area contributed by atoms with E-state index in [4.69, 9.17) is 16.3 Å². The van der Waals surface area contributed by atoms with Crippen molar-refractivity contribution in [3.63, 3.8) is 0 Å². The molecule has 0 spiro atoms. The van der Waals surface area contributed by atoms with Crippen LogP contribution in [0.2, 0.25) is 5.02 Å². The first-order valence-electron chi connectivity index (χ1n) is 8.18. The van der Waals surface area contributed by atoms with Crippen LogP contribution in [0.1, 0.15) is 35.1 Å². The number of aromatic nitrogens is 1. The van der Waals surface area contributed by atoms with E-state index < -0.39 is 0 Å². The number of rotatable bonds is 5. The molecule has 0 aliphatic heterocycles. The van der Waals surface area contributed by atoms with Crippen molar-refractivity contribution >= 4 is 34.5 Å². The maximum absolute atomic E-state index is 12.4. The van der Waals surface area contributed by atoms with Crippen LogP contribution in [0.3, 0.4) is 0 Å². The number of anilines is 1. The largest absolute Gasteiger partial charge is 0.497 e. The van der Waals surface area contributed by atoms with Gasteiger partial charge < -0.3 is 10.1 Å². The molecule has 3 aromatic rings. The molecule has 1 amide bonds. The van der Waals surface area contributed by atoms with Crippen molar-refractivity contribution in [3.8, 4) is 17.0 Å². The van der Waals surface area contributed by atoms with Crippen molar-refractivity contribution in [2.75, 3.05) is 12.4 Å². The summed E-state index contributed by atoms with van der Waals surface area (Å²) in [6.07, 6.45) is 0. The Labute approximate surface area is 161 Å². The second kappa shape index (κ2) is 7.89. The summed E-state index contributed by atoms with van der Waals surface area (Å²) in [6, 6.07) is 12.6. The molecule has 0 radical (unpaired) electrons. The summed E-state index contributed by atoms with van der Waals surface area (Å²) in [7, 11) is 1.55. The van der Waals surface area contributed by atoms with E-state index in [2.05, 4.69) is 29.5 Å². The van der Waals surface area contributed by atoms with Gasteiger partial charge in [-0.25, -0.2) is 4.98 Å². The fourth-order valence-electron chi connectivity index (χ4n) is 2.42. The predicted molar refractivity (Wildman–Crippen MR) is 108 cm³/mol. The Morgan fingerprint density at radius 2 is 1.92 bits per heavy atom. The Balaban J connectivity index is 1.73. The Morgan fingerprint density at radius 3 is 2.50 bits per heavy atom. The average Bonchev–Trinajstić information content (AvgIpc) is 3.12. The Kier molecular flexibility index (Phi) is 5.59. The van der Waals surface area contributed by atoms with E-state index in [-0.39, 0.29) is 5.91 Å². The molecular weight excluding hydrogens is 368 g/mol. The molecule has 6 heteroatoms. The number of carbonyl (C=O) groups is 1. The molecule has 0 saturated carbocycles. The van der Waals surface area contributed by atoms with Gasteiger partial charge in [0, 0.05) is 22.5 Å². The SMILES string of the molecule is COc1ccc(C(=O)Nc2ccc(-c3csc(C(C)C)n3)cc2)c(Cl)c1. The van der Waals surface area contributed by atoms with Gasteiger partial charge in [-0.3, -0.25) is 4.79 Å². The summed E-state index contributed by atoms with van der Waals surface area (Å²) in [6.45, 7) is 4.26. The summed E-state index contributed by atoms with van der Waals surface area (Å²) in [5.74, 6) is 0.766. The Hall–Kier alpha value is -2.37. The van der Waals surface area contributed by atoms with Crippen LogP contribution in [0.4, 0.5) is 5.69 Å². The molecule has 3 rings (SSSR count). The van der Waals surface area contributed by atoms with Crippen molar-refractivity contribution < 1.29 is 9.53 Å². The van der Waals surface area contributed by atoms with E-state index >= 15 is 0 Å². The van der Waals surface area contributed by atoms with Crippen LogP contribution in [0.5, 0.6) is 5.75 Å². The number of methoxy groups -OCH3 is 1. The topological polar surface area (TPSA) is 51.2 Å². The second-order valence-corrected chi connectivity index (χ2v) is 7.40. The predicted octanol–water partition coefficient (Wildman–Crippen LogP) is 5.85. The minimum Gasteiger partial charge on any atom is -0.497 e. The molecule has 0 aliphatic carbocycles. The lowest BCUT2D eigenvalue weighted by Gasteiger charge is -2.08. The highest BCUT2D eigenvalue weighted by molar-refractivity contribution is 7.10. The fraction of sp³-hybridized carbons (Fsp3) is 0.200. The molecule has 134 valence electrons. The Morgan fingerprint density at radius 1 is 1.19 bits per heavy atom. The first kappa shape index (κ1) is 18.4. The maximum atomic E-state index is 12.4. The average molecular weight is 387 g/mol. The number of amides is 1. The highest BCUT2D eigenvalue weighted by atomic mass is 35.5. The van der Waals surface area contributed by atoms with Crippen molar-refractivity contribution in [3.05, 3.63) is 63.4 Å². The zero-order valence-electron chi connectivity index (χ0n) is 14.7. The lowest BCUT2D eigenvalue weighted by atomic mass is 10.1. The minimum atomic E-state index is -0.263. The molecule has 1 aromatic heterocycles. The molecule has 4 nitrogen and oxygen atoms in total. The van der Waals surface area contributed by atoms with Crippen molar-refractivity contribution in [2.45, 2.75) is 19.8 Å². The van der Waals surface area contributed by atoms with E-state index in [0.29, 0.717) is 27.9 Å². The van der Waals surface area contributed by atoms with Crippen LogP contribution < -0.4 is 10.1 Å². The summed E-state index contributed by atoms with van der Waals surface area (Å²) in [5.41, 5.74) is 3.07. The third-order valence-corrected chi connectivity index (χ3v) is 5.33. The highest BCUT2D eigenvalue weighted by Gasteiger charge is 2.12. The summed E-state index contributed by atoms with van der Waals surface area (Å²) in [5, 5.41) is 6.38. The van der Waals surface area contributed by atoms with Gasteiger partial charge in [0.2, 0.25) is 0 Å². The van der Waals surface area contributed by atoms with E-state index in [9.17, 15) is 4.79 Å². The molecular formula is C20H19ClN2O2S. The molecule has 1 heterocycles. The minimum absolute atomic E-state index is 0.263. The van der Waals surface area contributed by atoms with E-state index in [1.165, 1.54) is 0 Å². The van der Waals surface area contributed by atoms with Crippen LogP contribution in [0, 0.1) is 0 Å². The van der Waals surface area contributed by atoms with Crippen LogP contribution in [-0.2, 0) is 0 Å². The maximum Gasteiger partial charge on any atom is 0.257 e.